The molecule has 288 valence electrons. The minimum atomic E-state index is -0.391. The van der Waals surface area contributed by atoms with Crippen molar-refractivity contribution in [1.29, 1.82) is 0 Å². The van der Waals surface area contributed by atoms with E-state index in [0.717, 1.165) is 89.2 Å². The van der Waals surface area contributed by atoms with Crippen LogP contribution in [0.15, 0.2) is 122 Å². The van der Waals surface area contributed by atoms with Gasteiger partial charge in [0.05, 0.1) is 75.6 Å². The van der Waals surface area contributed by atoms with Crippen LogP contribution >= 0.6 is 0 Å². The molecule has 0 spiro atoms. The molecular formula is C46H42N8O4+2. The lowest BCUT2D eigenvalue weighted by Crippen LogP contribution is -2.34. The average Bonchev–Trinajstić information content (AvgIpc) is 4.12. The molecule has 0 atom stereocenters. The summed E-state index contributed by atoms with van der Waals surface area (Å²) in [5.74, 6) is 1.18. The van der Waals surface area contributed by atoms with Crippen LogP contribution in [-0.2, 0) is 37.7 Å². The first-order valence-corrected chi connectivity index (χ1v) is 18.8. The van der Waals surface area contributed by atoms with E-state index < -0.39 is 11.9 Å². The van der Waals surface area contributed by atoms with Crippen LogP contribution in [0.3, 0.4) is 0 Å². The molecule has 8 aromatic rings. The molecule has 9 rings (SSSR count). The van der Waals surface area contributed by atoms with Gasteiger partial charge in [0.15, 0.2) is 0 Å². The van der Waals surface area contributed by atoms with Crippen molar-refractivity contribution in [2.75, 3.05) is 14.2 Å². The predicted molar refractivity (Wildman–Crippen MR) is 217 cm³/mol. The van der Waals surface area contributed by atoms with Gasteiger partial charge in [-0.2, -0.15) is 0 Å². The van der Waals surface area contributed by atoms with Gasteiger partial charge in [0, 0.05) is 33.2 Å². The van der Waals surface area contributed by atoms with Crippen molar-refractivity contribution >= 4 is 34.2 Å². The number of methoxy groups -OCH3 is 2. The van der Waals surface area contributed by atoms with E-state index in [1.54, 1.807) is 24.3 Å². The number of aromatic amines is 4. The van der Waals surface area contributed by atoms with Crippen molar-refractivity contribution in [3.05, 3.63) is 200 Å². The van der Waals surface area contributed by atoms with Crippen LogP contribution in [0, 0.1) is 0 Å². The maximum absolute atomic E-state index is 12.5. The fourth-order valence-corrected chi connectivity index (χ4v) is 8.10. The molecule has 6 aromatic heterocycles. The number of fused-ring (bicyclic) bond motifs is 8. The topological polar surface area (TPSA) is 133 Å². The summed E-state index contributed by atoms with van der Waals surface area (Å²) in [4.78, 5) is 40.1. The molecule has 0 saturated heterocycles. The van der Waals surface area contributed by atoms with Crippen LogP contribution in [0.4, 0.5) is 0 Å². The minimum absolute atomic E-state index is 0.391. The summed E-state index contributed by atoms with van der Waals surface area (Å²) < 4.78 is 18.5. The molecule has 58 heavy (non-hydrogen) atoms. The number of H-pyrrole nitrogens is 4. The average molecular weight is 771 g/mol. The van der Waals surface area contributed by atoms with E-state index in [1.165, 1.54) is 14.2 Å². The van der Waals surface area contributed by atoms with Crippen LogP contribution in [0.5, 0.6) is 0 Å². The third-order valence-electron chi connectivity index (χ3n) is 10.9. The highest BCUT2D eigenvalue weighted by atomic mass is 16.5. The van der Waals surface area contributed by atoms with Crippen molar-refractivity contribution in [2.24, 2.45) is 28.2 Å². The Hall–Kier alpha value is -7.60. The second kappa shape index (κ2) is 14.2. The number of nitrogens with zero attached hydrogens (tertiary/aromatic N) is 4. The highest BCUT2D eigenvalue weighted by Crippen LogP contribution is 2.27. The second-order valence-corrected chi connectivity index (χ2v) is 14.5. The standard InChI is InChI=1S/C46H40N8O4/c1-51-23-24-52(2)43(51)41-35-19-15-31(47-35)39(27-7-11-29(12-8-27)45(55)57-5)33-17-21-37(49-33)42(44-53(3)25-26-54(44)4)38-22-18-34(50-38)40(32-16-20-36(41)48-32)28-9-13-30(14-10-28)46(56)58-6/h7-26H,1-6H3,(H2,47,48,49,50)/p+2. The number of rotatable bonds is 6. The number of nitrogens with one attached hydrogen (secondary N) is 4. The van der Waals surface area contributed by atoms with Gasteiger partial charge in [-0.15, -0.1) is 0 Å². The predicted octanol–water partition coefficient (Wildman–Crippen LogP) is 2.20. The number of carbonyl (C=O) groups excluding carboxylic acids is 2. The van der Waals surface area contributed by atoms with Crippen LogP contribution in [-0.4, -0.2) is 55.2 Å². The van der Waals surface area contributed by atoms with Gasteiger partial charge in [0.2, 0.25) is 0 Å². The lowest BCUT2D eigenvalue weighted by atomic mass is 10.0. The lowest BCUT2D eigenvalue weighted by Gasteiger charge is -2.09. The molecule has 12 nitrogen and oxygen atoms in total. The van der Waals surface area contributed by atoms with Crippen molar-refractivity contribution in [2.45, 2.75) is 0 Å². The van der Waals surface area contributed by atoms with Crippen LogP contribution in [0.1, 0.15) is 66.3 Å². The molecular weight excluding hydrogens is 729 g/mol. The van der Waals surface area contributed by atoms with Crippen molar-refractivity contribution in [1.82, 2.24) is 29.1 Å². The van der Waals surface area contributed by atoms with Gasteiger partial charge >= 0.3 is 11.9 Å². The first-order chi connectivity index (χ1) is 28.1. The molecule has 12 heteroatoms. The van der Waals surface area contributed by atoms with E-state index >= 15 is 0 Å². The Morgan fingerprint density at radius 3 is 1.10 bits per heavy atom. The first-order valence-electron chi connectivity index (χ1n) is 18.8. The third-order valence-corrected chi connectivity index (χ3v) is 10.9. The Kier molecular flexibility index (Phi) is 8.80. The normalized spacial score (nSPS) is 12.7. The number of hydrogen-bond donors (Lipinski definition) is 4. The highest BCUT2D eigenvalue weighted by molar-refractivity contribution is 5.91. The van der Waals surface area contributed by atoms with E-state index in [0.29, 0.717) is 11.1 Å². The van der Waals surface area contributed by atoms with E-state index in [4.69, 9.17) is 9.47 Å². The molecule has 0 fully saturated rings. The SMILES string of the molecule is COC(=O)c1ccc(C2=c3ccc([nH]3)=C(c3n(C)cc[n+]3C)c3ccc([nH]3)C(c3ccc(C(=O)OC)cc3)=c3ccc([nH]3)=C(c3n(C)cc[n+]3C)c3ccc2[nH]3)cc1. The number of imidazole rings is 2. The third kappa shape index (κ3) is 6.02. The lowest BCUT2D eigenvalue weighted by molar-refractivity contribution is -0.673. The van der Waals surface area contributed by atoms with E-state index in [-0.39, 0.29) is 0 Å². The van der Waals surface area contributed by atoms with Gasteiger partial charge in [-0.1, -0.05) is 24.3 Å². The number of aryl methyl sites for hydroxylation is 4. The second-order valence-electron chi connectivity index (χ2n) is 14.5. The maximum Gasteiger partial charge on any atom is 0.337 e. The number of ether oxygens (including phenoxy) is 2. The zero-order valence-electron chi connectivity index (χ0n) is 33.0. The fourth-order valence-electron chi connectivity index (χ4n) is 8.10. The van der Waals surface area contributed by atoms with E-state index in [1.807, 2.05) is 77.2 Å². The Bertz CT molecular complexity index is 2910. The fraction of sp³-hybridized carbons (Fsp3) is 0.130. The molecule has 0 saturated carbocycles. The van der Waals surface area contributed by atoms with Gasteiger partial charge in [-0.05, 0) is 83.9 Å². The van der Waals surface area contributed by atoms with Crippen molar-refractivity contribution < 1.29 is 28.2 Å². The molecule has 1 aliphatic heterocycles. The van der Waals surface area contributed by atoms with Crippen molar-refractivity contribution in [3.8, 4) is 0 Å². The quantitative estimate of drug-likeness (QED) is 0.153. The number of benzene rings is 2. The summed E-state index contributed by atoms with van der Waals surface area (Å²) in [5.41, 5.74) is 10.1. The number of esters is 2. The minimum Gasteiger partial charge on any atom is -0.465 e. The van der Waals surface area contributed by atoms with Gasteiger partial charge < -0.3 is 29.4 Å². The first kappa shape index (κ1) is 36.1. The monoisotopic (exact) mass is 770 g/mol. The van der Waals surface area contributed by atoms with E-state index in [2.05, 4.69) is 86.7 Å². The zero-order chi connectivity index (χ0) is 40.2. The van der Waals surface area contributed by atoms with Gasteiger partial charge in [0.1, 0.15) is 35.9 Å². The molecule has 8 bridgehead atoms. The Morgan fingerprint density at radius 1 is 0.466 bits per heavy atom. The molecule has 7 heterocycles. The Balaban J connectivity index is 1.41. The summed E-state index contributed by atoms with van der Waals surface area (Å²) >= 11 is 0. The summed E-state index contributed by atoms with van der Waals surface area (Å²) in [7, 11) is 10.9. The van der Waals surface area contributed by atoms with Crippen LogP contribution in [0.2, 0.25) is 0 Å². The summed E-state index contributed by atoms with van der Waals surface area (Å²) in [5, 5.41) is 3.57. The molecule has 0 unspecified atom stereocenters. The van der Waals surface area contributed by atoms with Crippen LogP contribution < -0.4 is 30.5 Å². The molecule has 0 aliphatic carbocycles. The molecule has 0 amide bonds. The Labute approximate surface area is 333 Å². The molecule has 2 aromatic carbocycles. The van der Waals surface area contributed by atoms with Gasteiger partial charge in [-0.25, -0.2) is 27.9 Å². The summed E-state index contributed by atoms with van der Waals surface area (Å²) in [6.45, 7) is 0. The maximum atomic E-state index is 12.5. The van der Waals surface area contributed by atoms with Gasteiger partial charge in [0.25, 0.3) is 11.6 Å². The van der Waals surface area contributed by atoms with Crippen LogP contribution in [0.25, 0.3) is 22.3 Å². The van der Waals surface area contributed by atoms with E-state index in [9.17, 15) is 9.59 Å². The number of aromatic nitrogens is 8. The number of hydrogen-bond acceptors (Lipinski definition) is 4. The molecule has 1 aliphatic rings. The smallest absolute Gasteiger partial charge is 0.337 e. The zero-order valence-corrected chi connectivity index (χ0v) is 33.0. The molecule has 4 N–H and O–H groups in total. The highest BCUT2D eigenvalue weighted by Gasteiger charge is 2.26. The van der Waals surface area contributed by atoms with Crippen molar-refractivity contribution in [3.63, 3.8) is 0 Å². The van der Waals surface area contributed by atoms with Gasteiger partial charge in [-0.3, -0.25) is 0 Å². The summed E-state index contributed by atoms with van der Waals surface area (Å²) in [6, 6.07) is 31.8. The summed E-state index contributed by atoms with van der Waals surface area (Å²) in [6.07, 6.45) is 8.16. The Morgan fingerprint density at radius 2 is 0.793 bits per heavy atom. The molecule has 0 radical (unpaired) electrons. The largest absolute Gasteiger partial charge is 0.465 e. The number of carbonyl (C=O) groups is 2.